The molecule has 0 aliphatic heterocycles. The zero-order valence-corrected chi connectivity index (χ0v) is 7.68. The summed E-state index contributed by atoms with van der Waals surface area (Å²) in [5.41, 5.74) is 2.09. The predicted molar refractivity (Wildman–Crippen MR) is 48.3 cm³/mol. The molecular formula is C8H11ClN2. The summed E-state index contributed by atoms with van der Waals surface area (Å²) in [6, 6.07) is 2.01. The van der Waals surface area contributed by atoms with Crippen molar-refractivity contribution in [3.8, 4) is 0 Å². The molecule has 0 N–H and O–H groups in total. The summed E-state index contributed by atoms with van der Waals surface area (Å²) in [4.78, 5) is 5.97. The van der Waals surface area contributed by atoms with Gasteiger partial charge in [0.15, 0.2) is 5.15 Å². The summed E-state index contributed by atoms with van der Waals surface area (Å²) < 4.78 is 0. The lowest BCUT2D eigenvalue weighted by Gasteiger charge is -2.13. The fourth-order valence-electron chi connectivity index (χ4n) is 0.851. The van der Waals surface area contributed by atoms with Crippen molar-refractivity contribution in [3.63, 3.8) is 0 Å². The second kappa shape index (κ2) is 3.09. The van der Waals surface area contributed by atoms with Crippen LogP contribution < -0.4 is 4.90 Å². The smallest absolute Gasteiger partial charge is 0.152 e. The minimum atomic E-state index is 0.556. The molecule has 0 bridgehead atoms. The summed E-state index contributed by atoms with van der Waals surface area (Å²) in [7, 11) is 3.89. The van der Waals surface area contributed by atoms with E-state index in [0.717, 1.165) is 11.3 Å². The molecule has 0 aromatic carbocycles. The van der Waals surface area contributed by atoms with Gasteiger partial charge in [-0.15, -0.1) is 0 Å². The number of halogens is 1. The highest BCUT2D eigenvalue weighted by Crippen LogP contribution is 2.21. The Morgan fingerprint density at radius 2 is 2.09 bits per heavy atom. The van der Waals surface area contributed by atoms with E-state index in [1.54, 1.807) is 6.20 Å². The minimum absolute atomic E-state index is 0.556. The zero-order chi connectivity index (χ0) is 8.43. The first kappa shape index (κ1) is 8.34. The number of rotatable bonds is 1. The van der Waals surface area contributed by atoms with E-state index in [9.17, 15) is 0 Å². The third-order valence-electron chi connectivity index (χ3n) is 1.44. The van der Waals surface area contributed by atoms with Crippen molar-refractivity contribution in [2.75, 3.05) is 19.0 Å². The summed E-state index contributed by atoms with van der Waals surface area (Å²) in [5.74, 6) is 0. The maximum absolute atomic E-state index is 5.84. The van der Waals surface area contributed by atoms with Gasteiger partial charge in [-0.3, -0.25) is 0 Å². The SMILES string of the molecule is Cc1cnc(Cl)c(N(C)C)c1. The molecule has 0 spiro atoms. The molecular weight excluding hydrogens is 160 g/mol. The molecule has 0 saturated heterocycles. The summed E-state index contributed by atoms with van der Waals surface area (Å²) in [6.07, 6.45) is 1.76. The van der Waals surface area contributed by atoms with Crippen molar-refractivity contribution < 1.29 is 0 Å². The van der Waals surface area contributed by atoms with Crippen LogP contribution in [0.25, 0.3) is 0 Å². The number of hydrogen-bond donors (Lipinski definition) is 0. The molecule has 3 heteroatoms. The van der Waals surface area contributed by atoms with Crippen LogP contribution in [-0.4, -0.2) is 19.1 Å². The molecule has 2 nitrogen and oxygen atoms in total. The van der Waals surface area contributed by atoms with Crippen LogP contribution in [0.3, 0.4) is 0 Å². The molecule has 0 radical (unpaired) electrons. The Balaban J connectivity index is 3.13. The molecule has 1 heterocycles. The number of aromatic nitrogens is 1. The standard InChI is InChI=1S/C8H11ClN2/c1-6-4-7(11(2)3)8(9)10-5-6/h4-5H,1-3H3. The van der Waals surface area contributed by atoms with Crippen molar-refractivity contribution in [2.24, 2.45) is 0 Å². The van der Waals surface area contributed by atoms with Crippen LogP contribution in [0, 0.1) is 6.92 Å². The molecule has 0 fully saturated rings. The average Bonchev–Trinajstić information content (AvgIpc) is 1.94. The van der Waals surface area contributed by atoms with Crippen molar-refractivity contribution in [1.29, 1.82) is 0 Å². The number of anilines is 1. The fourth-order valence-corrected chi connectivity index (χ4v) is 1.12. The van der Waals surface area contributed by atoms with Crippen molar-refractivity contribution in [1.82, 2.24) is 4.98 Å². The average molecular weight is 171 g/mol. The quantitative estimate of drug-likeness (QED) is 0.601. The van der Waals surface area contributed by atoms with Crippen molar-refractivity contribution in [3.05, 3.63) is 23.0 Å². The molecule has 0 unspecified atom stereocenters. The number of hydrogen-bond acceptors (Lipinski definition) is 2. The van der Waals surface area contributed by atoms with Gasteiger partial charge < -0.3 is 4.90 Å². The van der Waals surface area contributed by atoms with Crippen molar-refractivity contribution in [2.45, 2.75) is 6.92 Å². The first-order valence-electron chi connectivity index (χ1n) is 3.40. The maximum atomic E-state index is 5.84. The predicted octanol–water partition coefficient (Wildman–Crippen LogP) is 2.11. The minimum Gasteiger partial charge on any atom is -0.375 e. The van der Waals surface area contributed by atoms with Crippen LogP contribution >= 0.6 is 11.6 Å². The summed E-state index contributed by atoms with van der Waals surface area (Å²) in [5, 5.41) is 0.556. The Morgan fingerprint density at radius 3 is 2.55 bits per heavy atom. The Hall–Kier alpha value is -0.760. The highest BCUT2D eigenvalue weighted by atomic mass is 35.5. The van der Waals surface area contributed by atoms with Gasteiger partial charge in [0, 0.05) is 20.3 Å². The first-order chi connectivity index (χ1) is 5.11. The van der Waals surface area contributed by atoms with Gasteiger partial charge in [0.1, 0.15) is 0 Å². The topological polar surface area (TPSA) is 16.1 Å². The van der Waals surface area contributed by atoms with Gasteiger partial charge in [-0.1, -0.05) is 11.6 Å². The molecule has 1 rings (SSSR count). The third kappa shape index (κ3) is 1.84. The fraction of sp³-hybridized carbons (Fsp3) is 0.375. The van der Waals surface area contributed by atoms with Crippen LogP contribution in [0.2, 0.25) is 5.15 Å². The maximum Gasteiger partial charge on any atom is 0.152 e. The van der Waals surface area contributed by atoms with E-state index in [1.165, 1.54) is 0 Å². The van der Waals surface area contributed by atoms with E-state index in [2.05, 4.69) is 4.98 Å². The highest BCUT2D eigenvalue weighted by Gasteiger charge is 2.02. The second-order valence-electron chi connectivity index (χ2n) is 2.72. The number of pyridine rings is 1. The molecule has 0 aliphatic carbocycles. The summed E-state index contributed by atoms with van der Waals surface area (Å²) >= 11 is 5.84. The first-order valence-corrected chi connectivity index (χ1v) is 3.78. The molecule has 1 aromatic heterocycles. The largest absolute Gasteiger partial charge is 0.375 e. The van der Waals surface area contributed by atoms with Gasteiger partial charge in [-0.2, -0.15) is 0 Å². The van der Waals surface area contributed by atoms with Crippen LogP contribution in [0.5, 0.6) is 0 Å². The lowest BCUT2D eigenvalue weighted by Crippen LogP contribution is -2.09. The molecule has 11 heavy (non-hydrogen) atoms. The van der Waals surface area contributed by atoms with E-state index in [4.69, 9.17) is 11.6 Å². The van der Waals surface area contributed by atoms with E-state index in [1.807, 2.05) is 32.0 Å². The van der Waals surface area contributed by atoms with Gasteiger partial charge >= 0.3 is 0 Å². The number of aryl methyl sites for hydroxylation is 1. The Morgan fingerprint density at radius 1 is 1.45 bits per heavy atom. The lowest BCUT2D eigenvalue weighted by atomic mass is 10.3. The zero-order valence-electron chi connectivity index (χ0n) is 6.93. The van der Waals surface area contributed by atoms with Crippen molar-refractivity contribution >= 4 is 17.3 Å². The van der Waals surface area contributed by atoms with Crippen LogP contribution in [0.15, 0.2) is 12.3 Å². The van der Waals surface area contributed by atoms with Gasteiger partial charge in [0.2, 0.25) is 0 Å². The monoisotopic (exact) mass is 170 g/mol. The van der Waals surface area contributed by atoms with E-state index in [-0.39, 0.29) is 0 Å². The Labute approximate surface area is 71.8 Å². The van der Waals surface area contributed by atoms with Gasteiger partial charge in [0.05, 0.1) is 5.69 Å². The third-order valence-corrected chi connectivity index (χ3v) is 1.73. The van der Waals surface area contributed by atoms with E-state index < -0.39 is 0 Å². The van der Waals surface area contributed by atoms with E-state index >= 15 is 0 Å². The van der Waals surface area contributed by atoms with E-state index in [0.29, 0.717) is 5.15 Å². The normalized spacial score (nSPS) is 9.82. The lowest BCUT2D eigenvalue weighted by molar-refractivity contribution is 1.10. The van der Waals surface area contributed by atoms with Gasteiger partial charge in [0.25, 0.3) is 0 Å². The van der Waals surface area contributed by atoms with Gasteiger partial charge in [-0.25, -0.2) is 4.98 Å². The Kier molecular flexibility index (Phi) is 2.35. The molecule has 0 amide bonds. The molecule has 0 atom stereocenters. The molecule has 1 aromatic rings. The van der Waals surface area contributed by atoms with Gasteiger partial charge in [-0.05, 0) is 18.6 Å². The van der Waals surface area contributed by atoms with Crippen LogP contribution in [-0.2, 0) is 0 Å². The molecule has 0 saturated carbocycles. The number of nitrogens with zero attached hydrogens (tertiary/aromatic N) is 2. The summed E-state index contributed by atoms with van der Waals surface area (Å²) in [6.45, 7) is 2.00. The highest BCUT2D eigenvalue weighted by molar-refractivity contribution is 6.32. The molecule has 0 aliphatic rings. The Bertz CT molecular complexity index is 258. The molecule has 60 valence electrons. The van der Waals surface area contributed by atoms with Crippen LogP contribution in [0.1, 0.15) is 5.56 Å². The van der Waals surface area contributed by atoms with Crippen LogP contribution in [0.4, 0.5) is 5.69 Å². The second-order valence-corrected chi connectivity index (χ2v) is 3.08.